The van der Waals surface area contributed by atoms with Gasteiger partial charge in [-0.2, -0.15) is 26.3 Å². The first-order valence-electron chi connectivity index (χ1n) is 3.34. The Morgan fingerprint density at radius 2 is 1.07 bits per heavy atom. The van der Waals surface area contributed by atoms with Gasteiger partial charge < -0.3 is 5.48 Å². The molecule has 1 rings (SSSR count). The van der Waals surface area contributed by atoms with Gasteiger partial charge in [-0.25, -0.2) is 0 Å². The Hall–Kier alpha value is -0.540. The van der Waals surface area contributed by atoms with Gasteiger partial charge in [0.05, 0.1) is 0 Å². The van der Waals surface area contributed by atoms with E-state index in [0.29, 0.717) is 0 Å². The lowest BCUT2D eigenvalue weighted by molar-refractivity contribution is -0.310. The Morgan fingerprint density at radius 1 is 0.786 bits per heavy atom. The molecule has 3 nitrogen and oxygen atoms in total. The molecule has 14 heavy (non-hydrogen) atoms. The Labute approximate surface area is 74.8 Å². The first-order chi connectivity index (χ1) is 5.71. The zero-order chi connectivity index (χ0) is 10.3. The summed E-state index contributed by atoms with van der Waals surface area (Å²) in [5, 5.41) is 2.78. The molecule has 0 aromatic heterocycles. The third-order valence-corrected chi connectivity index (χ3v) is 1.76. The molecule has 0 aromatic rings. The Morgan fingerprint density at radius 3 is 1.21 bits per heavy atom. The highest BCUT2D eigenvalue weighted by Crippen LogP contribution is 2.42. The third-order valence-electron chi connectivity index (χ3n) is 1.76. The molecule has 0 amide bonds. The van der Waals surface area contributed by atoms with E-state index in [1.165, 1.54) is 10.6 Å². The highest BCUT2D eigenvalue weighted by atomic mass is 19.4. The van der Waals surface area contributed by atoms with Gasteiger partial charge in [0.15, 0.2) is 0 Å². The lowest BCUT2D eigenvalue weighted by Crippen LogP contribution is -2.69. The van der Waals surface area contributed by atoms with Crippen LogP contribution in [0.25, 0.3) is 0 Å². The largest absolute Gasteiger partial charge is 0.429 e. The molecule has 9 heteroatoms. The summed E-state index contributed by atoms with van der Waals surface area (Å²) in [6.07, 6.45) is -10.8. The van der Waals surface area contributed by atoms with Crippen molar-refractivity contribution >= 4 is 0 Å². The number of rotatable bonds is 0. The molecule has 4 N–H and O–H groups in total. The van der Waals surface area contributed by atoms with E-state index in [2.05, 4.69) is 0 Å². The summed E-state index contributed by atoms with van der Waals surface area (Å²) < 4.78 is 72.4. The highest BCUT2D eigenvalue weighted by Gasteiger charge is 2.72. The van der Waals surface area contributed by atoms with E-state index < -0.39 is 18.0 Å². The van der Waals surface area contributed by atoms with Gasteiger partial charge in [-0.05, 0) is 0 Å². The normalized spacial score (nSPS) is 21.9. The topological polar surface area (TPSA) is 55.6 Å². The van der Waals surface area contributed by atoms with E-state index in [1.54, 1.807) is 0 Å². The zero-order valence-electron chi connectivity index (χ0n) is 6.68. The molecule has 0 unspecified atom stereocenters. The molecule has 0 aliphatic carbocycles. The van der Waals surface area contributed by atoms with Gasteiger partial charge in [-0.3, -0.25) is 10.6 Å². The molecule has 0 aromatic carbocycles. The fourth-order valence-electron chi connectivity index (χ4n) is 1.12. The van der Waals surface area contributed by atoms with Crippen molar-refractivity contribution < 1.29 is 31.8 Å². The lowest BCUT2D eigenvalue weighted by Gasteiger charge is -2.33. The zero-order valence-corrected chi connectivity index (χ0v) is 6.68. The van der Waals surface area contributed by atoms with Gasteiger partial charge >= 0.3 is 12.4 Å². The molecule has 0 bridgehead atoms. The van der Waals surface area contributed by atoms with E-state index in [0.717, 1.165) is 0 Å². The maximum absolute atomic E-state index is 12.1. The predicted molar refractivity (Wildman–Crippen MR) is 34.5 cm³/mol. The van der Waals surface area contributed by atoms with Gasteiger partial charge in [0.1, 0.15) is 0 Å². The molecule has 0 atom stereocenters. The fourth-order valence-corrected chi connectivity index (χ4v) is 1.12. The summed E-state index contributed by atoms with van der Waals surface area (Å²) in [5.41, 5.74) is -3.93. The van der Waals surface area contributed by atoms with Crippen LogP contribution in [0.2, 0.25) is 0 Å². The predicted octanol–water partition coefficient (Wildman–Crippen LogP) is 0.175. The monoisotopic (exact) mass is 226 g/mol. The molecular formula is C5H8F6N2O. The van der Waals surface area contributed by atoms with Crippen LogP contribution in [0, 0.1) is 0 Å². The molecule has 0 spiro atoms. The molecule has 1 aliphatic heterocycles. The van der Waals surface area contributed by atoms with Crippen molar-refractivity contribution in [2.75, 3.05) is 13.1 Å². The number of alkyl halides is 6. The van der Waals surface area contributed by atoms with Crippen molar-refractivity contribution in [2.24, 2.45) is 0 Å². The van der Waals surface area contributed by atoms with Crippen LogP contribution in [0.5, 0.6) is 0 Å². The molecule has 1 heterocycles. The van der Waals surface area contributed by atoms with Gasteiger partial charge in [0.25, 0.3) is 5.66 Å². The first kappa shape index (κ1) is 13.5. The summed E-state index contributed by atoms with van der Waals surface area (Å²) in [6, 6.07) is 0. The Kier molecular flexibility index (Phi) is 3.42. The number of halogens is 6. The number of hydrogen-bond acceptors (Lipinski definition) is 2. The van der Waals surface area contributed by atoms with E-state index in [1.807, 2.05) is 0 Å². The van der Waals surface area contributed by atoms with Crippen LogP contribution >= 0.6 is 0 Å². The molecule has 1 aliphatic rings. The van der Waals surface area contributed by atoms with E-state index in [4.69, 9.17) is 0 Å². The minimum Gasteiger partial charge on any atom is -0.412 e. The average molecular weight is 226 g/mol. The standard InChI is InChI=1S/C5H6F6N2.H2O/c6-4(7,8)3(5(9,10)11)12-1-2-13-3;/h12-13H,1-2H2;1H2. The maximum Gasteiger partial charge on any atom is 0.429 e. The van der Waals surface area contributed by atoms with E-state index in [-0.39, 0.29) is 18.6 Å². The third kappa shape index (κ3) is 1.79. The number of nitrogens with one attached hydrogen (secondary N) is 2. The minimum atomic E-state index is -5.39. The van der Waals surface area contributed by atoms with Crippen LogP contribution in [0.4, 0.5) is 26.3 Å². The highest BCUT2D eigenvalue weighted by molar-refractivity contribution is 5.02. The van der Waals surface area contributed by atoms with Crippen LogP contribution < -0.4 is 10.6 Å². The fraction of sp³-hybridized carbons (Fsp3) is 1.00. The number of hydrogen-bond donors (Lipinski definition) is 2. The molecule has 0 saturated carbocycles. The summed E-state index contributed by atoms with van der Waals surface area (Å²) in [4.78, 5) is 0. The first-order valence-corrected chi connectivity index (χ1v) is 3.34. The molecule has 86 valence electrons. The smallest absolute Gasteiger partial charge is 0.412 e. The van der Waals surface area contributed by atoms with Crippen molar-refractivity contribution in [3.8, 4) is 0 Å². The van der Waals surface area contributed by atoms with E-state index in [9.17, 15) is 26.3 Å². The SMILES string of the molecule is FC(F)(F)C1(C(F)(F)F)NCCN1.O. The van der Waals surface area contributed by atoms with Gasteiger partial charge in [0.2, 0.25) is 0 Å². The van der Waals surface area contributed by atoms with Crippen molar-refractivity contribution in [1.29, 1.82) is 0 Å². The van der Waals surface area contributed by atoms with Crippen molar-refractivity contribution in [1.82, 2.24) is 10.6 Å². The van der Waals surface area contributed by atoms with Crippen molar-refractivity contribution in [2.45, 2.75) is 18.0 Å². The van der Waals surface area contributed by atoms with Gasteiger partial charge in [-0.1, -0.05) is 0 Å². The van der Waals surface area contributed by atoms with Crippen LogP contribution in [-0.4, -0.2) is 36.6 Å². The molecule has 1 fully saturated rings. The molecule has 0 radical (unpaired) electrons. The average Bonchev–Trinajstić information content (AvgIpc) is 2.28. The Bertz CT molecular complexity index is 177. The summed E-state index contributed by atoms with van der Waals surface area (Å²) in [5.74, 6) is 0. The second-order valence-electron chi connectivity index (χ2n) is 2.60. The summed E-state index contributed by atoms with van der Waals surface area (Å²) in [6.45, 7) is -0.724. The lowest BCUT2D eigenvalue weighted by atomic mass is 10.1. The van der Waals surface area contributed by atoms with Gasteiger partial charge in [0, 0.05) is 13.1 Å². The van der Waals surface area contributed by atoms with E-state index >= 15 is 0 Å². The summed E-state index contributed by atoms with van der Waals surface area (Å²) in [7, 11) is 0. The van der Waals surface area contributed by atoms with Crippen LogP contribution in [0.15, 0.2) is 0 Å². The molecule has 1 saturated heterocycles. The van der Waals surface area contributed by atoms with Gasteiger partial charge in [-0.15, -0.1) is 0 Å². The maximum atomic E-state index is 12.1. The Balaban J connectivity index is 0.00000169. The van der Waals surface area contributed by atoms with Crippen LogP contribution in [0.3, 0.4) is 0 Å². The minimum absolute atomic E-state index is 0. The van der Waals surface area contributed by atoms with Crippen molar-refractivity contribution in [3.05, 3.63) is 0 Å². The second-order valence-corrected chi connectivity index (χ2v) is 2.60. The molecular weight excluding hydrogens is 218 g/mol. The van der Waals surface area contributed by atoms with Crippen LogP contribution in [0.1, 0.15) is 0 Å². The quantitative estimate of drug-likeness (QED) is 0.579. The summed E-state index contributed by atoms with van der Waals surface area (Å²) >= 11 is 0. The second kappa shape index (κ2) is 3.55. The van der Waals surface area contributed by atoms with Crippen molar-refractivity contribution in [3.63, 3.8) is 0 Å². The van der Waals surface area contributed by atoms with Crippen LogP contribution in [-0.2, 0) is 0 Å².